The minimum Gasteiger partial charge on any atom is -0.481 e. The molecule has 1 aliphatic heterocycles. The standard InChI is InChI=1S/C24H40N4O5/c1-15-5-3-4-6-20(15)27-24(33)26-18-7-9-19(10-8-18)28-12-11-17(23(28)32)14-21(29)25-16(2)13-22(30)31/h15-20H,3-14H2,1-2H3,(H,25,29)(H,30,31)(H2,26,27,33)/t15?,16?,17-,18?,19?,20?/m0/s1. The number of likely N-dealkylation sites (tertiary alicyclic amines) is 1. The van der Waals surface area contributed by atoms with Gasteiger partial charge in [-0.25, -0.2) is 4.79 Å². The number of hydrogen-bond donors (Lipinski definition) is 4. The van der Waals surface area contributed by atoms with Crippen LogP contribution in [0.3, 0.4) is 0 Å². The topological polar surface area (TPSA) is 128 Å². The fourth-order valence-corrected chi connectivity index (χ4v) is 5.64. The first-order chi connectivity index (χ1) is 15.7. The summed E-state index contributed by atoms with van der Waals surface area (Å²) in [7, 11) is 0. The van der Waals surface area contributed by atoms with E-state index in [9.17, 15) is 19.2 Å². The summed E-state index contributed by atoms with van der Waals surface area (Å²) in [6.07, 6.45) is 8.67. The highest BCUT2D eigenvalue weighted by Gasteiger charge is 2.38. The van der Waals surface area contributed by atoms with E-state index in [2.05, 4.69) is 22.9 Å². The number of aliphatic carboxylic acids is 1. The van der Waals surface area contributed by atoms with E-state index in [4.69, 9.17) is 5.11 Å². The Labute approximate surface area is 196 Å². The Kier molecular flexibility index (Phi) is 8.97. The average Bonchev–Trinajstić information content (AvgIpc) is 3.09. The van der Waals surface area contributed by atoms with Crippen molar-refractivity contribution in [1.82, 2.24) is 20.9 Å². The summed E-state index contributed by atoms with van der Waals surface area (Å²) in [5.41, 5.74) is 0. The van der Waals surface area contributed by atoms with E-state index in [1.54, 1.807) is 6.92 Å². The molecule has 0 bridgehead atoms. The van der Waals surface area contributed by atoms with Gasteiger partial charge in [0, 0.05) is 43.1 Å². The third-order valence-electron chi connectivity index (χ3n) is 7.57. The first-order valence-corrected chi connectivity index (χ1v) is 12.6. The Morgan fingerprint density at radius 1 is 1.03 bits per heavy atom. The van der Waals surface area contributed by atoms with Crippen molar-refractivity contribution >= 4 is 23.8 Å². The number of urea groups is 1. The summed E-state index contributed by atoms with van der Waals surface area (Å²) in [5.74, 6) is -1.01. The molecule has 0 aromatic heterocycles. The highest BCUT2D eigenvalue weighted by atomic mass is 16.4. The van der Waals surface area contributed by atoms with Crippen LogP contribution in [0.25, 0.3) is 0 Å². The van der Waals surface area contributed by atoms with Gasteiger partial charge in [0.05, 0.1) is 6.42 Å². The van der Waals surface area contributed by atoms with Gasteiger partial charge in [-0.3, -0.25) is 14.4 Å². The molecule has 2 saturated carbocycles. The molecule has 0 aromatic rings. The van der Waals surface area contributed by atoms with E-state index in [0.717, 1.165) is 32.1 Å². The third kappa shape index (κ3) is 7.33. The summed E-state index contributed by atoms with van der Waals surface area (Å²) in [6, 6.07) is 0.0336. The number of carbonyl (C=O) groups excluding carboxylic acids is 3. The van der Waals surface area contributed by atoms with Crippen LogP contribution in [0.5, 0.6) is 0 Å². The maximum atomic E-state index is 12.9. The van der Waals surface area contributed by atoms with Crippen LogP contribution in [0.2, 0.25) is 0 Å². The van der Waals surface area contributed by atoms with Crippen molar-refractivity contribution in [2.75, 3.05) is 6.54 Å². The zero-order valence-corrected chi connectivity index (χ0v) is 20.0. The lowest BCUT2D eigenvalue weighted by molar-refractivity contribution is -0.138. The van der Waals surface area contributed by atoms with E-state index >= 15 is 0 Å². The SMILES string of the molecule is CC(CC(=O)O)NC(=O)C[C@@H]1CCN(C2CCC(NC(=O)NC3CCCCC3C)CC2)C1=O. The lowest BCUT2D eigenvalue weighted by Gasteiger charge is -2.36. The zero-order valence-electron chi connectivity index (χ0n) is 20.0. The minimum atomic E-state index is -0.961. The molecule has 4 atom stereocenters. The average molecular weight is 465 g/mol. The van der Waals surface area contributed by atoms with E-state index in [1.807, 2.05) is 4.90 Å². The fraction of sp³-hybridized carbons (Fsp3) is 0.833. The summed E-state index contributed by atoms with van der Waals surface area (Å²) >= 11 is 0. The van der Waals surface area contributed by atoms with Crippen LogP contribution in [-0.4, -0.2) is 64.5 Å². The predicted octanol–water partition coefficient (Wildman–Crippen LogP) is 2.39. The molecule has 186 valence electrons. The molecule has 3 rings (SSSR count). The Balaban J connectivity index is 1.38. The number of hydrogen-bond acceptors (Lipinski definition) is 4. The first-order valence-electron chi connectivity index (χ1n) is 12.6. The van der Waals surface area contributed by atoms with Gasteiger partial charge in [-0.15, -0.1) is 0 Å². The van der Waals surface area contributed by atoms with Crippen molar-refractivity contribution in [2.24, 2.45) is 11.8 Å². The molecule has 1 saturated heterocycles. The number of nitrogens with zero attached hydrogens (tertiary/aromatic N) is 1. The van der Waals surface area contributed by atoms with Gasteiger partial charge >= 0.3 is 12.0 Å². The second-order valence-corrected chi connectivity index (χ2v) is 10.3. The van der Waals surface area contributed by atoms with E-state index in [1.165, 1.54) is 19.3 Å². The lowest BCUT2D eigenvalue weighted by Crippen LogP contribution is -2.51. The van der Waals surface area contributed by atoms with Crippen LogP contribution in [-0.2, 0) is 14.4 Å². The Morgan fingerprint density at radius 3 is 2.39 bits per heavy atom. The number of carbonyl (C=O) groups is 4. The molecule has 9 heteroatoms. The minimum absolute atomic E-state index is 0.0245. The van der Waals surface area contributed by atoms with Gasteiger partial charge in [0.15, 0.2) is 0 Å². The highest BCUT2D eigenvalue weighted by Crippen LogP contribution is 2.30. The second kappa shape index (κ2) is 11.7. The van der Waals surface area contributed by atoms with Crippen LogP contribution in [0, 0.1) is 11.8 Å². The van der Waals surface area contributed by atoms with Crippen LogP contribution >= 0.6 is 0 Å². The largest absolute Gasteiger partial charge is 0.481 e. The van der Waals surface area contributed by atoms with Crippen LogP contribution < -0.4 is 16.0 Å². The van der Waals surface area contributed by atoms with Gasteiger partial charge in [-0.2, -0.15) is 0 Å². The lowest BCUT2D eigenvalue weighted by atomic mass is 9.86. The molecular formula is C24H40N4O5. The van der Waals surface area contributed by atoms with Gasteiger partial charge in [-0.05, 0) is 57.8 Å². The third-order valence-corrected chi connectivity index (χ3v) is 7.57. The van der Waals surface area contributed by atoms with Gasteiger partial charge < -0.3 is 26.0 Å². The highest BCUT2D eigenvalue weighted by molar-refractivity contribution is 5.87. The quantitative estimate of drug-likeness (QED) is 0.439. The molecule has 0 aromatic carbocycles. The maximum absolute atomic E-state index is 12.9. The van der Waals surface area contributed by atoms with E-state index in [0.29, 0.717) is 18.9 Å². The molecule has 3 aliphatic rings. The number of rotatable bonds is 8. The Hall–Kier alpha value is -2.32. The van der Waals surface area contributed by atoms with Crippen LogP contribution in [0.15, 0.2) is 0 Å². The normalized spacial score (nSPS) is 31.0. The number of amides is 4. The molecule has 3 fully saturated rings. The van der Waals surface area contributed by atoms with Gasteiger partial charge in [-0.1, -0.05) is 19.8 Å². The number of carboxylic acids is 1. The van der Waals surface area contributed by atoms with E-state index < -0.39 is 12.0 Å². The van der Waals surface area contributed by atoms with Crippen molar-refractivity contribution in [3.8, 4) is 0 Å². The summed E-state index contributed by atoms with van der Waals surface area (Å²) in [5, 5.41) is 17.8. The Bertz CT molecular complexity index is 722. The molecule has 3 unspecified atom stereocenters. The maximum Gasteiger partial charge on any atom is 0.315 e. The van der Waals surface area contributed by atoms with Gasteiger partial charge in [0.25, 0.3) is 0 Å². The van der Waals surface area contributed by atoms with Gasteiger partial charge in [0.2, 0.25) is 11.8 Å². The molecule has 2 aliphatic carbocycles. The molecule has 0 radical (unpaired) electrons. The molecule has 4 amide bonds. The van der Waals surface area contributed by atoms with Crippen molar-refractivity contribution < 1.29 is 24.3 Å². The number of carboxylic acid groups (broad SMARTS) is 1. The zero-order chi connectivity index (χ0) is 24.0. The molecule has 1 heterocycles. The fourth-order valence-electron chi connectivity index (χ4n) is 5.64. The first kappa shape index (κ1) is 25.3. The summed E-state index contributed by atoms with van der Waals surface area (Å²) in [6.45, 7) is 4.51. The van der Waals surface area contributed by atoms with Crippen LogP contribution in [0.4, 0.5) is 4.79 Å². The second-order valence-electron chi connectivity index (χ2n) is 10.3. The molecular weight excluding hydrogens is 424 g/mol. The molecule has 9 nitrogen and oxygen atoms in total. The number of nitrogens with one attached hydrogen (secondary N) is 3. The van der Waals surface area contributed by atoms with Crippen molar-refractivity contribution in [1.29, 1.82) is 0 Å². The predicted molar refractivity (Wildman–Crippen MR) is 123 cm³/mol. The summed E-state index contributed by atoms with van der Waals surface area (Å²) in [4.78, 5) is 50.2. The molecule has 4 N–H and O–H groups in total. The molecule has 0 spiro atoms. The van der Waals surface area contributed by atoms with E-state index in [-0.39, 0.29) is 54.7 Å². The monoisotopic (exact) mass is 464 g/mol. The van der Waals surface area contributed by atoms with Crippen molar-refractivity contribution in [2.45, 2.75) is 109 Å². The van der Waals surface area contributed by atoms with Gasteiger partial charge in [0.1, 0.15) is 0 Å². The van der Waals surface area contributed by atoms with Crippen molar-refractivity contribution in [3.63, 3.8) is 0 Å². The summed E-state index contributed by atoms with van der Waals surface area (Å²) < 4.78 is 0. The molecule has 33 heavy (non-hydrogen) atoms. The smallest absolute Gasteiger partial charge is 0.315 e. The Morgan fingerprint density at radius 2 is 1.73 bits per heavy atom. The van der Waals surface area contributed by atoms with Crippen molar-refractivity contribution in [3.05, 3.63) is 0 Å². The van der Waals surface area contributed by atoms with Crippen LogP contribution in [0.1, 0.15) is 84.5 Å².